The van der Waals surface area contributed by atoms with Gasteiger partial charge in [-0.2, -0.15) is 0 Å². The molecule has 2 N–H and O–H groups in total. The molecule has 1 heterocycles. The van der Waals surface area contributed by atoms with Crippen LogP contribution in [0.3, 0.4) is 0 Å². The van der Waals surface area contributed by atoms with Crippen molar-refractivity contribution in [2.24, 2.45) is 10.7 Å². The summed E-state index contributed by atoms with van der Waals surface area (Å²) in [6.07, 6.45) is 4.79. The van der Waals surface area contributed by atoms with E-state index in [4.69, 9.17) is 28.9 Å². The van der Waals surface area contributed by atoms with Gasteiger partial charge in [-0.3, -0.25) is 9.79 Å². The van der Waals surface area contributed by atoms with Gasteiger partial charge in [-0.05, 0) is 30.5 Å². The van der Waals surface area contributed by atoms with E-state index < -0.39 is 0 Å². The van der Waals surface area contributed by atoms with Crippen molar-refractivity contribution in [3.63, 3.8) is 0 Å². The molecule has 1 aliphatic heterocycles. The SMILES string of the molecule is CN=C/C(C#CC(=O)N1CCCC(c2ccc(Cl)c(Cl)c2)C1)=C\N. The van der Waals surface area contributed by atoms with Crippen molar-refractivity contribution in [2.75, 3.05) is 20.1 Å². The summed E-state index contributed by atoms with van der Waals surface area (Å²) in [7, 11) is 1.62. The number of benzene rings is 1. The number of hydrogen-bond acceptors (Lipinski definition) is 3. The largest absolute Gasteiger partial charge is 0.404 e. The molecule has 0 aliphatic carbocycles. The molecule has 0 radical (unpaired) electrons. The molecule has 1 unspecified atom stereocenters. The van der Waals surface area contributed by atoms with Crippen molar-refractivity contribution in [1.29, 1.82) is 0 Å². The fraction of sp³-hybridized carbons (Fsp3) is 0.333. The Morgan fingerprint density at radius 1 is 1.38 bits per heavy atom. The predicted molar refractivity (Wildman–Crippen MR) is 99.5 cm³/mol. The number of hydrogen-bond donors (Lipinski definition) is 1. The number of nitrogens with two attached hydrogens (primary N) is 1. The Bertz CT molecular complexity index is 732. The van der Waals surface area contributed by atoms with Crippen LogP contribution in [0.4, 0.5) is 0 Å². The van der Waals surface area contributed by atoms with Gasteiger partial charge in [-0.25, -0.2) is 0 Å². The van der Waals surface area contributed by atoms with E-state index in [-0.39, 0.29) is 11.8 Å². The van der Waals surface area contributed by atoms with Crippen molar-refractivity contribution in [3.8, 4) is 11.8 Å². The zero-order valence-electron chi connectivity index (χ0n) is 13.4. The Balaban J connectivity index is 2.08. The van der Waals surface area contributed by atoms with Crippen LogP contribution >= 0.6 is 23.2 Å². The molecule has 4 nitrogen and oxygen atoms in total. The van der Waals surface area contributed by atoms with E-state index >= 15 is 0 Å². The average molecular weight is 364 g/mol. The first-order valence-electron chi connectivity index (χ1n) is 7.65. The fourth-order valence-corrected chi connectivity index (χ4v) is 2.97. The number of allylic oxidation sites excluding steroid dienone is 1. The number of aliphatic imine (C=N–C) groups is 1. The smallest absolute Gasteiger partial charge is 0.298 e. The number of likely N-dealkylation sites (tertiary alicyclic amines) is 1. The van der Waals surface area contributed by atoms with E-state index in [2.05, 4.69) is 16.8 Å². The summed E-state index contributed by atoms with van der Waals surface area (Å²) < 4.78 is 0. The van der Waals surface area contributed by atoms with Crippen molar-refractivity contribution in [3.05, 3.63) is 45.6 Å². The van der Waals surface area contributed by atoms with Gasteiger partial charge in [0.15, 0.2) is 0 Å². The van der Waals surface area contributed by atoms with Gasteiger partial charge in [-0.15, -0.1) is 0 Å². The van der Waals surface area contributed by atoms with Gasteiger partial charge >= 0.3 is 0 Å². The number of halogens is 2. The lowest BCUT2D eigenvalue weighted by molar-refractivity contribution is -0.126. The van der Waals surface area contributed by atoms with Gasteiger partial charge in [-0.1, -0.05) is 35.2 Å². The number of amides is 1. The van der Waals surface area contributed by atoms with Gasteiger partial charge in [0.2, 0.25) is 0 Å². The average Bonchev–Trinajstić information content (AvgIpc) is 2.60. The molecule has 1 atom stereocenters. The zero-order chi connectivity index (χ0) is 17.5. The Morgan fingerprint density at radius 2 is 2.17 bits per heavy atom. The second kappa shape index (κ2) is 8.77. The van der Waals surface area contributed by atoms with Crippen LogP contribution in [-0.4, -0.2) is 37.2 Å². The summed E-state index contributed by atoms with van der Waals surface area (Å²) >= 11 is 12.1. The van der Waals surface area contributed by atoms with Crippen LogP contribution in [-0.2, 0) is 4.79 Å². The van der Waals surface area contributed by atoms with Crippen LogP contribution < -0.4 is 5.73 Å². The van der Waals surface area contributed by atoms with Gasteiger partial charge < -0.3 is 10.6 Å². The minimum absolute atomic E-state index is 0.205. The van der Waals surface area contributed by atoms with E-state index in [1.165, 1.54) is 12.4 Å². The number of nitrogens with zero attached hydrogens (tertiary/aromatic N) is 2. The normalized spacial score (nSPS) is 18.4. The highest BCUT2D eigenvalue weighted by atomic mass is 35.5. The summed E-state index contributed by atoms with van der Waals surface area (Å²) in [5.41, 5.74) is 7.05. The molecule has 0 spiro atoms. The van der Waals surface area contributed by atoms with Gasteiger partial charge in [0.05, 0.1) is 15.6 Å². The third-order valence-electron chi connectivity index (χ3n) is 3.89. The van der Waals surface area contributed by atoms with Gasteiger partial charge in [0, 0.05) is 44.4 Å². The molecular weight excluding hydrogens is 345 g/mol. The monoisotopic (exact) mass is 363 g/mol. The van der Waals surface area contributed by atoms with E-state index in [9.17, 15) is 4.79 Å². The number of rotatable bonds is 2. The highest BCUT2D eigenvalue weighted by Crippen LogP contribution is 2.31. The van der Waals surface area contributed by atoms with Gasteiger partial charge in [0.1, 0.15) is 0 Å². The third-order valence-corrected chi connectivity index (χ3v) is 4.62. The van der Waals surface area contributed by atoms with E-state index in [0.717, 1.165) is 18.4 Å². The number of carbonyl (C=O) groups is 1. The molecule has 1 aliphatic rings. The molecule has 0 aromatic heterocycles. The van der Waals surface area contributed by atoms with Gasteiger partial charge in [0.25, 0.3) is 5.91 Å². The molecule has 1 aromatic carbocycles. The maximum atomic E-state index is 12.3. The minimum atomic E-state index is -0.205. The molecule has 0 saturated carbocycles. The molecule has 1 amide bonds. The molecule has 6 heteroatoms. The Morgan fingerprint density at radius 3 is 2.83 bits per heavy atom. The summed E-state index contributed by atoms with van der Waals surface area (Å²) in [6, 6.07) is 5.63. The summed E-state index contributed by atoms with van der Waals surface area (Å²) in [4.78, 5) is 17.9. The van der Waals surface area contributed by atoms with E-state index in [1.54, 1.807) is 18.0 Å². The second-order valence-corrected chi connectivity index (χ2v) is 6.34. The maximum absolute atomic E-state index is 12.3. The lowest BCUT2D eigenvalue weighted by atomic mass is 9.90. The third kappa shape index (κ3) is 4.77. The quantitative estimate of drug-likeness (QED) is 0.647. The highest BCUT2D eigenvalue weighted by molar-refractivity contribution is 6.42. The van der Waals surface area contributed by atoms with Crippen molar-refractivity contribution in [1.82, 2.24) is 4.90 Å². The molecular formula is C18H19Cl2N3O. The second-order valence-electron chi connectivity index (χ2n) is 5.52. The van der Waals surface area contributed by atoms with Crippen LogP contribution in [0.2, 0.25) is 10.0 Å². The van der Waals surface area contributed by atoms with E-state index in [0.29, 0.717) is 28.7 Å². The first-order valence-corrected chi connectivity index (χ1v) is 8.40. The molecule has 1 aromatic rings. The van der Waals surface area contributed by atoms with Crippen molar-refractivity contribution < 1.29 is 4.79 Å². The van der Waals surface area contributed by atoms with Crippen molar-refractivity contribution in [2.45, 2.75) is 18.8 Å². The fourth-order valence-electron chi connectivity index (χ4n) is 2.66. The van der Waals surface area contributed by atoms with Crippen LogP contribution in [0.1, 0.15) is 24.3 Å². The van der Waals surface area contributed by atoms with Crippen LogP contribution in [0, 0.1) is 11.8 Å². The maximum Gasteiger partial charge on any atom is 0.298 e. The molecule has 24 heavy (non-hydrogen) atoms. The molecule has 126 valence electrons. The van der Waals surface area contributed by atoms with E-state index in [1.807, 2.05) is 12.1 Å². The summed E-state index contributed by atoms with van der Waals surface area (Å²) in [6.45, 7) is 1.32. The van der Waals surface area contributed by atoms with Crippen LogP contribution in [0.15, 0.2) is 35.0 Å². The first-order chi connectivity index (χ1) is 11.5. The lowest BCUT2D eigenvalue weighted by Gasteiger charge is -2.31. The predicted octanol–water partition coefficient (Wildman–Crippen LogP) is 3.25. The molecule has 2 rings (SSSR count). The van der Waals surface area contributed by atoms with Crippen LogP contribution in [0.5, 0.6) is 0 Å². The first kappa shape index (κ1) is 18.4. The standard InChI is InChI=1S/C18H19Cl2N3O/c1-22-11-13(10-21)4-7-18(24)23-8-2-3-15(12-23)14-5-6-16(19)17(20)9-14/h5-6,9-11,15H,2-3,8,12,21H2,1H3/b13-10-,22-11?. The Labute approximate surface area is 152 Å². The molecule has 1 saturated heterocycles. The molecule has 1 fully saturated rings. The van der Waals surface area contributed by atoms with Crippen LogP contribution in [0.25, 0.3) is 0 Å². The highest BCUT2D eigenvalue weighted by Gasteiger charge is 2.24. The topological polar surface area (TPSA) is 58.7 Å². The minimum Gasteiger partial charge on any atom is -0.404 e. The lowest BCUT2D eigenvalue weighted by Crippen LogP contribution is -2.38. The van der Waals surface area contributed by atoms with Crippen molar-refractivity contribution >= 4 is 35.3 Å². The summed E-state index contributed by atoms with van der Waals surface area (Å²) in [5.74, 6) is 5.41. The number of piperidine rings is 1. The Kier molecular flexibility index (Phi) is 6.72. The number of carbonyl (C=O) groups excluding carboxylic acids is 1. The molecule has 0 bridgehead atoms. The summed E-state index contributed by atoms with van der Waals surface area (Å²) in [5, 5.41) is 1.07. The zero-order valence-corrected chi connectivity index (χ0v) is 14.9. The Hall–Kier alpha value is -1.96.